The lowest BCUT2D eigenvalue weighted by Gasteiger charge is -2.15. The number of carbonyl (C=O) groups is 1. The Morgan fingerprint density at radius 2 is 2.12 bits per heavy atom. The molecule has 1 amide bonds. The predicted octanol–water partition coefficient (Wildman–Crippen LogP) is 1.92. The molecule has 3 aromatic heterocycles. The summed E-state index contributed by atoms with van der Waals surface area (Å²) in [6.07, 6.45) is 7.51. The minimum Gasteiger partial charge on any atom is -0.368 e. The minimum absolute atomic E-state index is 0.256. The van der Waals surface area contributed by atoms with E-state index in [1.165, 1.54) is 0 Å². The average molecular weight is 352 g/mol. The molecule has 0 radical (unpaired) electrons. The van der Waals surface area contributed by atoms with E-state index in [2.05, 4.69) is 35.6 Å². The van der Waals surface area contributed by atoms with E-state index in [0.717, 1.165) is 37.1 Å². The van der Waals surface area contributed by atoms with E-state index < -0.39 is 0 Å². The first-order valence-electron chi connectivity index (χ1n) is 8.69. The maximum Gasteiger partial charge on any atom is 0.231 e. The number of aromatic amines is 1. The quantitative estimate of drug-likeness (QED) is 0.557. The van der Waals surface area contributed by atoms with Crippen molar-refractivity contribution in [3.05, 3.63) is 30.9 Å². The highest BCUT2D eigenvalue weighted by molar-refractivity contribution is 5.84. The smallest absolute Gasteiger partial charge is 0.231 e. The summed E-state index contributed by atoms with van der Waals surface area (Å²) in [6.45, 7) is 2.35. The van der Waals surface area contributed by atoms with Crippen LogP contribution >= 0.6 is 0 Å². The Morgan fingerprint density at radius 1 is 1.23 bits per heavy atom. The molecule has 3 N–H and O–H groups in total. The van der Waals surface area contributed by atoms with Crippen molar-refractivity contribution in [1.29, 1.82) is 0 Å². The number of amides is 1. The highest BCUT2D eigenvalue weighted by atomic mass is 16.2. The molecule has 0 bridgehead atoms. The van der Waals surface area contributed by atoms with Crippen LogP contribution in [0, 0.1) is 0 Å². The van der Waals surface area contributed by atoms with E-state index >= 15 is 0 Å². The Bertz CT molecular complexity index is 894. The third-order valence-electron chi connectivity index (χ3n) is 4.29. The number of anilines is 3. The third kappa shape index (κ3) is 3.56. The third-order valence-corrected chi connectivity index (χ3v) is 4.29. The Balaban J connectivity index is 1.43. The van der Waals surface area contributed by atoms with Crippen LogP contribution in [0.1, 0.15) is 19.3 Å². The Kier molecular flexibility index (Phi) is 4.59. The van der Waals surface area contributed by atoms with Crippen molar-refractivity contribution in [2.75, 3.05) is 30.3 Å². The number of imidazole rings is 1. The number of pyridine rings is 1. The van der Waals surface area contributed by atoms with Gasteiger partial charge >= 0.3 is 0 Å². The summed E-state index contributed by atoms with van der Waals surface area (Å²) in [7, 11) is 0. The van der Waals surface area contributed by atoms with Gasteiger partial charge in [0.05, 0.1) is 6.33 Å². The molecular weight excluding hydrogens is 332 g/mol. The first kappa shape index (κ1) is 16.2. The minimum atomic E-state index is 0.256. The number of fused-ring (bicyclic) bond motifs is 1. The van der Waals surface area contributed by atoms with Gasteiger partial charge in [-0.1, -0.05) is 0 Å². The van der Waals surface area contributed by atoms with Gasteiger partial charge in [-0.05, 0) is 25.0 Å². The van der Waals surface area contributed by atoms with Crippen molar-refractivity contribution in [3.8, 4) is 0 Å². The molecule has 0 spiro atoms. The summed E-state index contributed by atoms with van der Waals surface area (Å²) >= 11 is 0. The molecule has 4 rings (SSSR count). The normalized spacial score (nSPS) is 14.2. The first-order valence-corrected chi connectivity index (χ1v) is 8.69. The van der Waals surface area contributed by atoms with E-state index in [1.807, 2.05) is 17.0 Å². The van der Waals surface area contributed by atoms with Gasteiger partial charge in [0.2, 0.25) is 11.9 Å². The number of carbonyl (C=O) groups excluding carboxylic acids is 1. The average Bonchev–Trinajstić information content (AvgIpc) is 3.28. The SMILES string of the molecule is O=C1CCCN1CCCNc1nc(Nc2ccncc2)nc2nc[nH]c12. The molecule has 26 heavy (non-hydrogen) atoms. The fourth-order valence-corrected chi connectivity index (χ4v) is 3.00. The van der Waals surface area contributed by atoms with Crippen LogP contribution in [0.15, 0.2) is 30.9 Å². The van der Waals surface area contributed by atoms with Crippen molar-refractivity contribution in [2.45, 2.75) is 19.3 Å². The fraction of sp³-hybridized carbons (Fsp3) is 0.353. The maximum absolute atomic E-state index is 11.7. The molecule has 3 aromatic rings. The lowest BCUT2D eigenvalue weighted by atomic mass is 10.3. The second-order valence-corrected chi connectivity index (χ2v) is 6.12. The van der Waals surface area contributed by atoms with E-state index in [-0.39, 0.29) is 5.91 Å². The highest BCUT2D eigenvalue weighted by Gasteiger charge is 2.19. The number of rotatable bonds is 7. The summed E-state index contributed by atoms with van der Waals surface area (Å²) in [6, 6.07) is 3.69. The molecule has 0 unspecified atom stereocenters. The molecule has 1 aliphatic heterocycles. The van der Waals surface area contributed by atoms with Gasteiger partial charge < -0.3 is 20.5 Å². The second kappa shape index (κ2) is 7.34. The van der Waals surface area contributed by atoms with Gasteiger partial charge in [0.15, 0.2) is 11.5 Å². The van der Waals surface area contributed by atoms with Crippen LogP contribution in [0.25, 0.3) is 11.2 Å². The van der Waals surface area contributed by atoms with Crippen LogP contribution in [-0.2, 0) is 4.79 Å². The van der Waals surface area contributed by atoms with Crippen LogP contribution in [0.5, 0.6) is 0 Å². The van der Waals surface area contributed by atoms with E-state index in [4.69, 9.17) is 0 Å². The standard InChI is InChI=1S/C17H20N8O/c26-13-3-1-9-25(13)10-2-6-19-15-14-16(21-11-20-14)24-17(23-15)22-12-4-7-18-8-5-12/h4-5,7-8,11H,1-3,6,9-10H2,(H3,18,19,20,21,22,23,24). The van der Waals surface area contributed by atoms with Gasteiger partial charge in [-0.2, -0.15) is 9.97 Å². The summed E-state index contributed by atoms with van der Waals surface area (Å²) in [5, 5.41) is 6.48. The number of H-pyrrole nitrogens is 1. The van der Waals surface area contributed by atoms with Crippen LogP contribution in [0.3, 0.4) is 0 Å². The molecule has 9 nitrogen and oxygen atoms in total. The zero-order valence-corrected chi connectivity index (χ0v) is 14.3. The van der Waals surface area contributed by atoms with Crippen molar-refractivity contribution in [3.63, 3.8) is 0 Å². The molecule has 1 fully saturated rings. The molecule has 4 heterocycles. The second-order valence-electron chi connectivity index (χ2n) is 6.12. The van der Waals surface area contributed by atoms with E-state index in [1.54, 1.807) is 18.7 Å². The highest BCUT2D eigenvalue weighted by Crippen LogP contribution is 2.21. The zero-order valence-electron chi connectivity index (χ0n) is 14.3. The van der Waals surface area contributed by atoms with Crippen molar-refractivity contribution in [1.82, 2.24) is 29.8 Å². The molecule has 1 aliphatic rings. The van der Waals surface area contributed by atoms with Crippen LogP contribution in [-0.4, -0.2) is 55.4 Å². The predicted molar refractivity (Wildman–Crippen MR) is 98.1 cm³/mol. The number of hydrogen-bond acceptors (Lipinski definition) is 7. The fourth-order valence-electron chi connectivity index (χ4n) is 3.00. The first-order chi connectivity index (χ1) is 12.8. The summed E-state index contributed by atoms with van der Waals surface area (Å²) < 4.78 is 0. The lowest BCUT2D eigenvalue weighted by molar-refractivity contribution is -0.127. The Labute approximate surface area is 150 Å². The summed E-state index contributed by atoms with van der Waals surface area (Å²) in [5.74, 6) is 1.41. The van der Waals surface area contributed by atoms with E-state index in [0.29, 0.717) is 30.4 Å². The Hall–Kier alpha value is -3.23. The van der Waals surface area contributed by atoms with Gasteiger partial charge in [0, 0.05) is 44.1 Å². The number of hydrogen-bond donors (Lipinski definition) is 3. The van der Waals surface area contributed by atoms with Crippen LogP contribution < -0.4 is 10.6 Å². The largest absolute Gasteiger partial charge is 0.368 e. The van der Waals surface area contributed by atoms with Crippen LogP contribution in [0.2, 0.25) is 0 Å². The van der Waals surface area contributed by atoms with Gasteiger partial charge in [0.25, 0.3) is 0 Å². The summed E-state index contributed by atoms with van der Waals surface area (Å²) in [4.78, 5) is 33.8. The number of nitrogens with one attached hydrogen (secondary N) is 3. The van der Waals surface area contributed by atoms with Crippen molar-refractivity contribution >= 4 is 34.5 Å². The van der Waals surface area contributed by atoms with Gasteiger partial charge in [0.1, 0.15) is 5.52 Å². The van der Waals surface area contributed by atoms with Gasteiger partial charge in [-0.25, -0.2) is 4.98 Å². The molecule has 0 saturated carbocycles. The maximum atomic E-state index is 11.7. The van der Waals surface area contributed by atoms with Crippen molar-refractivity contribution in [2.24, 2.45) is 0 Å². The number of nitrogens with zero attached hydrogens (tertiary/aromatic N) is 5. The molecule has 0 aliphatic carbocycles. The Morgan fingerprint density at radius 3 is 2.92 bits per heavy atom. The van der Waals surface area contributed by atoms with E-state index in [9.17, 15) is 4.79 Å². The van der Waals surface area contributed by atoms with Gasteiger partial charge in [-0.3, -0.25) is 9.78 Å². The number of likely N-dealkylation sites (tertiary alicyclic amines) is 1. The molecule has 0 aromatic carbocycles. The van der Waals surface area contributed by atoms with Crippen LogP contribution in [0.4, 0.5) is 17.5 Å². The lowest BCUT2D eigenvalue weighted by Crippen LogP contribution is -2.27. The topological polar surface area (TPSA) is 112 Å². The number of aromatic nitrogens is 5. The van der Waals surface area contributed by atoms with Gasteiger partial charge in [-0.15, -0.1) is 0 Å². The molecular formula is C17H20N8O. The molecule has 134 valence electrons. The molecule has 9 heteroatoms. The molecule has 1 saturated heterocycles. The zero-order chi connectivity index (χ0) is 17.8. The summed E-state index contributed by atoms with van der Waals surface area (Å²) in [5.41, 5.74) is 2.21. The molecule has 0 atom stereocenters. The van der Waals surface area contributed by atoms with Crippen molar-refractivity contribution < 1.29 is 4.79 Å². The monoisotopic (exact) mass is 352 g/mol.